The molecule has 2 unspecified atom stereocenters. The van der Waals surface area contributed by atoms with Crippen LogP contribution in [-0.2, 0) is 9.59 Å². The van der Waals surface area contributed by atoms with Crippen molar-refractivity contribution in [3.63, 3.8) is 0 Å². The molecule has 2 aliphatic rings. The van der Waals surface area contributed by atoms with Crippen LogP contribution in [0.15, 0.2) is 42.1 Å². The maximum absolute atomic E-state index is 15.3. The van der Waals surface area contributed by atoms with Crippen LogP contribution in [-0.4, -0.2) is 63.7 Å². The maximum atomic E-state index is 15.3. The number of carbonyl (C=O) groups is 2. The predicted molar refractivity (Wildman–Crippen MR) is 277 cm³/mol. The minimum atomic E-state index is 0.0364. The van der Waals surface area contributed by atoms with Crippen LogP contribution in [0.5, 0.6) is 0 Å². The fraction of sp³-hybridized carbons (Fsp3) is 0.741. The van der Waals surface area contributed by atoms with E-state index in [1.807, 2.05) is 0 Å². The minimum absolute atomic E-state index is 0.0364. The van der Waals surface area contributed by atoms with Crippen LogP contribution in [0.3, 0.4) is 0 Å². The summed E-state index contributed by atoms with van der Waals surface area (Å²) >= 11 is 7.72. The number of halogens is 2. The zero-order valence-electron chi connectivity index (χ0n) is 39.8. The van der Waals surface area contributed by atoms with Gasteiger partial charge in [0, 0.05) is 0 Å². The van der Waals surface area contributed by atoms with Gasteiger partial charge in [-0.2, -0.15) is 0 Å². The van der Waals surface area contributed by atoms with Gasteiger partial charge >= 0.3 is 359 Å². The van der Waals surface area contributed by atoms with Crippen LogP contribution in [0.25, 0.3) is 11.4 Å². The van der Waals surface area contributed by atoms with E-state index >= 15 is 9.59 Å². The summed E-state index contributed by atoms with van der Waals surface area (Å²) in [5.74, 6) is 1.05. The van der Waals surface area contributed by atoms with Crippen molar-refractivity contribution in [2.24, 2.45) is 11.8 Å². The Bertz CT molecular complexity index is 1510. The third kappa shape index (κ3) is 18.2. The summed E-state index contributed by atoms with van der Waals surface area (Å²) in [6.07, 6.45) is 41.3. The Kier molecular flexibility index (Phi) is 28.0. The van der Waals surface area contributed by atoms with E-state index in [4.69, 9.17) is 0 Å². The summed E-state index contributed by atoms with van der Waals surface area (Å²) in [7, 11) is 0. The summed E-state index contributed by atoms with van der Waals surface area (Å²) in [6, 6.07) is 8.72. The van der Waals surface area contributed by atoms with Gasteiger partial charge in [-0.05, 0) is 0 Å². The van der Waals surface area contributed by atoms with Crippen molar-refractivity contribution < 1.29 is 9.59 Å². The van der Waals surface area contributed by atoms with Gasteiger partial charge in [-0.3, -0.25) is 0 Å². The number of rotatable bonds is 38. The van der Waals surface area contributed by atoms with E-state index in [1.54, 1.807) is 0 Å². The van der Waals surface area contributed by atoms with Gasteiger partial charge in [-0.25, -0.2) is 0 Å². The molecule has 2 aromatic rings. The average Bonchev–Trinajstić information content (AvgIpc) is 4.03. The predicted octanol–water partition coefficient (Wildman–Crippen LogP) is 16.9. The molecule has 4 heterocycles. The van der Waals surface area contributed by atoms with E-state index in [9.17, 15) is 0 Å². The van der Waals surface area contributed by atoms with Crippen molar-refractivity contribution in [2.75, 3.05) is 13.1 Å². The van der Waals surface area contributed by atoms with Gasteiger partial charge in [-0.15, -0.1) is 0 Å². The zero-order chi connectivity index (χ0) is 44.4. The number of carbonyl (C=O) groups excluding carboxylic acids is 2. The first-order valence-electron chi connectivity index (χ1n) is 26.0. The molecule has 0 fully saturated rings. The van der Waals surface area contributed by atoms with Crippen molar-refractivity contribution in [1.29, 1.82) is 0 Å². The van der Waals surface area contributed by atoms with Crippen LogP contribution < -0.4 is 0 Å². The molecule has 0 aliphatic carbocycles. The second kappa shape index (κ2) is 32.1. The summed E-state index contributed by atoms with van der Waals surface area (Å²) in [4.78, 5) is 34.9. The molecule has 0 aromatic carbocycles. The Labute approximate surface area is 409 Å². The van der Waals surface area contributed by atoms with Gasteiger partial charge in [0.25, 0.3) is 0 Å². The second-order valence-corrected chi connectivity index (χ2v) is 27.5. The zero-order valence-corrected chi connectivity index (χ0v) is 46.4. The third-order valence-electron chi connectivity index (χ3n) is 13.5. The van der Waals surface area contributed by atoms with E-state index in [1.165, 1.54) is 208 Å². The van der Waals surface area contributed by atoms with Gasteiger partial charge < -0.3 is 0 Å². The SMILES string of the molecule is CCCCCCCCCCC(CCCCCCCC)CN1C(=O)C2=C(c3ccc(Br)[se]3)N(CC(CCCCCCCC)CCCCCCCCCC)C(=O)C2=C1c1ccc(Br)[se]1. The van der Waals surface area contributed by atoms with Crippen LogP contribution in [0.4, 0.5) is 0 Å². The molecule has 0 N–H and O–H groups in total. The molecule has 8 heteroatoms. The van der Waals surface area contributed by atoms with Crippen LogP contribution in [0.2, 0.25) is 0 Å². The Morgan fingerprint density at radius 1 is 0.403 bits per heavy atom. The quantitative estimate of drug-likeness (QED) is 0.0497. The number of hydrogen-bond donors (Lipinski definition) is 0. The normalized spacial score (nSPS) is 15.3. The molecule has 350 valence electrons. The topological polar surface area (TPSA) is 40.6 Å². The standard InChI is InChI=1S/C54H86Br2N2O2Se2/c1-5-9-13-17-21-23-27-31-35-43(33-29-25-19-15-11-7-3)41-57-51(45-37-39-47(55)61-45)49-50(53(57)59)52(46-38-40-48(56)62-46)58(54(49)60)42-44(34-30-26-20-16-12-8-4)36-32-28-24-22-18-14-10-6-2/h37-40,43-44H,5-36,41-42H2,1-4H3. The Morgan fingerprint density at radius 3 is 0.903 bits per heavy atom. The number of unbranched alkanes of at least 4 members (excludes halogenated alkanes) is 24. The van der Waals surface area contributed by atoms with Gasteiger partial charge in [0.15, 0.2) is 0 Å². The molecular weight excluding hydrogens is 1030 g/mol. The second-order valence-electron chi connectivity index (χ2n) is 18.9. The van der Waals surface area contributed by atoms with Crippen LogP contribution >= 0.6 is 31.9 Å². The third-order valence-corrected chi connectivity index (χ3v) is 19.4. The van der Waals surface area contributed by atoms with E-state index in [0.717, 1.165) is 37.3 Å². The molecule has 0 spiro atoms. The Morgan fingerprint density at radius 2 is 0.661 bits per heavy atom. The van der Waals surface area contributed by atoms with Crippen molar-refractivity contribution in [1.82, 2.24) is 9.80 Å². The van der Waals surface area contributed by atoms with Crippen LogP contribution in [0, 0.1) is 11.8 Å². The van der Waals surface area contributed by atoms with Crippen molar-refractivity contribution >= 4 is 84.1 Å². The summed E-state index contributed by atoms with van der Waals surface area (Å²) in [5.41, 5.74) is 3.31. The molecular formula is C54H86Br2N2O2Se2. The molecule has 2 atom stereocenters. The summed E-state index contributed by atoms with van der Waals surface area (Å²) in [6.45, 7) is 10.6. The number of fused-ring (bicyclic) bond motifs is 1. The first-order chi connectivity index (χ1) is 30.3. The molecule has 2 aliphatic heterocycles. The van der Waals surface area contributed by atoms with Crippen molar-refractivity contribution in [3.05, 3.63) is 51.0 Å². The van der Waals surface area contributed by atoms with Gasteiger partial charge in [-0.1, -0.05) is 53.4 Å². The number of amides is 2. The molecule has 0 radical (unpaired) electrons. The molecule has 0 bridgehead atoms. The van der Waals surface area contributed by atoms with E-state index in [-0.39, 0.29) is 40.8 Å². The van der Waals surface area contributed by atoms with E-state index in [2.05, 4.69) is 93.6 Å². The van der Waals surface area contributed by atoms with Gasteiger partial charge in [0.05, 0.1) is 0 Å². The first kappa shape index (κ1) is 54.0. The fourth-order valence-corrected chi connectivity index (χ4v) is 15.3. The van der Waals surface area contributed by atoms with Gasteiger partial charge in [0.1, 0.15) is 0 Å². The van der Waals surface area contributed by atoms with Gasteiger partial charge in [0.2, 0.25) is 0 Å². The molecule has 62 heavy (non-hydrogen) atoms. The monoisotopic (exact) mass is 1110 g/mol. The van der Waals surface area contributed by atoms with Crippen molar-refractivity contribution in [2.45, 2.75) is 233 Å². The summed E-state index contributed by atoms with van der Waals surface area (Å²) in [5, 5.41) is 0. The molecule has 2 amide bonds. The molecule has 0 saturated heterocycles. The fourth-order valence-electron chi connectivity index (χ4n) is 9.87. The first-order valence-corrected chi connectivity index (χ1v) is 31.0. The number of nitrogens with zero attached hydrogens (tertiary/aromatic N) is 2. The molecule has 4 nitrogen and oxygen atoms in total. The van der Waals surface area contributed by atoms with E-state index in [0.29, 0.717) is 23.0 Å². The van der Waals surface area contributed by atoms with Crippen LogP contribution in [0.1, 0.15) is 242 Å². The average molecular weight is 1110 g/mol. The molecule has 2 aromatic heterocycles. The van der Waals surface area contributed by atoms with E-state index < -0.39 is 0 Å². The number of hydrogen-bond acceptors (Lipinski definition) is 2. The Hall–Kier alpha value is -0.621. The molecule has 0 saturated carbocycles. The molecule has 4 rings (SSSR count). The van der Waals surface area contributed by atoms with Crippen molar-refractivity contribution in [3.8, 4) is 0 Å². The Balaban J connectivity index is 1.62. The summed E-state index contributed by atoms with van der Waals surface area (Å²) < 4.78 is 4.72.